The predicted molar refractivity (Wildman–Crippen MR) is 424 cm³/mol. The van der Waals surface area contributed by atoms with Crippen molar-refractivity contribution >= 4 is 6.71 Å². The van der Waals surface area contributed by atoms with Crippen molar-refractivity contribution in [1.82, 2.24) is 14.7 Å². The molecule has 2 saturated heterocycles. The van der Waals surface area contributed by atoms with Crippen LogP contribution in [0.25, 0.3) is 0 Å². The van der Waals surface area contributed by atoms with Gasteiger partial charge >= 0.3 is 0 Å². The van der Waals surface area contributed by atoms with Crippen molar-refractivity contribution < 1.29 is 0 Å². The van der Waals surface area contributed by atoms with Gasteiger partial charge in [-0.1, -0.05) is 221 Å². The summed E-state index contributed by atoms with van der Waals surface area (Å²) in [6.45, 7) is 17.2. The van der Waals surface area contributed by atoms with Crippen molar-refractivity contribution in [1.29, 1.82) is 0 Å². The maximum absolute atomic E-state index is 3.79. The molecule has 0 aromatic rings. The molecule has 18 fully saturated rings. The molecule has 19 unspecified atom stereocenters. The van der Waals surface area contributed by atoms with E-state index in [1.54, 1.807) is 289 Å². The summed E-state index contributed by atoms with van der Waals surface area (Å²) in [7, 11) is 0. The van der Waals surface area contributed by atoms with Gasteiger partial charge in [-0.2, -0.15) is 0 Å². The van der Waals surface area contributed by atoms with Gasteiger partial charge in [0.05, 0.1) is 0 Å². The highest BCUT2D eigenvalue weighted by atomic mass is 15.3. The van der Waals surface area contributed by atoms with E-state index in [2.05, 4.69) is 56.2 Å². The lowest BCUT2D eigenvalue weighted by atomic mass is 9.18. The zero-order chi connectivity index (χ0) is 67.4. The van der Waals surface area contributed by atoms with Crippen LogP contribution in [0.2, 0.25) is 17.5 Å². The van der Waals surface area contributed by atoms with Crippen molar-refractivity contribution in [2.24, 2.45) is 129 Å². The monoisotopic (exact) mass is 1370 g/mol. The van der Waals surface area contributed by atoms with Gasteiger partial charge in [-0.3, -0.25) is 14.7 Å². The zero-order valence-electron chi connectivity index (χ0n) is 67.0. The fourth-order valence-electron chi connectivity index (χ4n) is 34.8. The molecule has 0 bridgehead atoms. The molecule has 100 heavy (non-hydrogen) atoms. The molecule has 16 saturated carbocycles. The average Bonchev–Trinajstić information content (AvgIpc) is 0.708. The molecule has 18 rings (SSSR count). The first-order chi connectivity index (χ1) is 48.8. The van der Waals surface area contributed by atoms with Crippen LogP contribution in [0.3, 0.4) is 0 Å². The van der Waals surface area contributed by atoms with Crippen LogP contribution in [-0.2, 0) is 0 Å². The third-order valence-corrected chi connectivity index (χ3v) is 39.3. The maximum atomic E-state index is 3.79. The fourth-order valence-corrected chi connectivity index (χ4v) is 34.8. The Kier molecular flexibility index (Phi) is 21.9. The lowest BCUT2D eigenvalue weighted by Gasteiger charge is -2.71. The van der Waals surface area contributed by atoms with E-state index in [1.807, 2.05) is 0 Å². The van der Waals surface area contributed by atoms with Crippen molar-refractivity contribution in [3.63, 3.8) is 0 Å². The summed E-state index contributed by atoms with van der Waals surface area (Å²) in [4.78, 5) is 11.2. The van der Waals surface area contributed by atoms with Gasteiger partial charge < -0.3 is 0 Å². The van der Waals surface area contributed by atoms with Crippen LogP contribution in [-0.4, -0.2) is 75.8 Å². The molecule has 0 amide bonds. The van der Waals surface area contributed by atoms with Crippen molar-refractivity contribution in [3.8, 4) is 0 Å². The molecule has 0 aromatic heterocycles. The fraction of sp³-hybridized carbons (Fsp3) is 1.00. The summed E-state index contributed by atoms with van der Waals surface area (Å²) in [6.07, 6.45) is 88.1. The highest BCUT2D eigenvalue weighted by molar-refractivity contribution is 6.65. The third kappa shape index (κ3) is 14.2. The Morgan fingerprint density at radius 1 is 0.240 bits per heavy atom. The van der Waals surface area contributed by atoms with E-state index in [-0.39, 0.29) is 0 Å². The summed E-state index contributed by atoms with van der Waals surface area (Å²) in [6, 6.07) is 7.65. The van der Waals surface area contributed by atoms with Gasteiger partial charge in [-0.25, -0.2) is 0 Å². The number of nitrogens with zero attached hydrogens (tertiary/aromatic N) is 3. The van der Waals surface area contributed by atoms with Crippen molar-refractivity contribution in [2.75, 3.05) is 0 Å². The molecule has 0 radical (unpaired) electrons. The van der Waals surface area contributed by atoms with Gasteiger partial charge in [0.2, 0.25) is 0 Å². The second kappa shape index (κ2) is 30.7. The van der Waals surface area contributed by atoms with E-state index in [4.69, 9.17) is 0 Å². The first-order valence-electron chi connectivity index (χ1n) is 48.1. The molecule has 0 aromatic carbocycles. The number of hydrogen-bond acceptors (Lipinski definition) is 3. The Bertz CT molecular complexity index is 2530. The molecular weight excluding hydrogens is 1210 g/mol. The molecule has 3 nitrogen and oxygen atoms in total. The molecule has 0 N–H and O–H groups in total. The van der Waals surface area contributed by atoms with E-state index < -0.39 is 0 Å². The lowest BCUT2D eigenvalue weighted by molar-refractivity contribution is -0.153. The molecule has 564 valence electrons. The third-order valence-electron chi connectivity index (χ3n) is 39.3. The second-order valence-corrected chi connectivity index (χ2v) is 45.3. The van der Waals surface area contributed by atoms with Crippen LogP contribution in [0.15, 0.2) is 0 Å². The van der Waals surface area contributed by atoms with Crippen LogP contribution in [0, 0.1) is 129 Å². The number of fused-ring (bicyclic) bond motifs is 4. The van der Waals surface area contributed by atoms with Gasteiger partial charge in [-0.15, -0.1) is 0 Å². The van der Waals surface area contributed by atoms with Gasteiger partial charge in [0.1, 0.15) is 0 Å². The van der Waals surface area contributed by atoms with E-state index in [9.17, 15) is 0 Å². The zero-order valence-corrected chi connectivity index (χ0v) is 67.0. The SMILES string of the molecule is CC(C)(C)C1CC2CCC3CC(C(C)(C)C)CC4C(C5CCC6C(C5)B5C7CCC(C8CCCCC8)CC7N(C7CCC(C8CCCCC8)CC7)C7CC(N(C8CCC(C9CCCCC9)CC8)C8CCC(C9CCCCC9)CC8)CC(C57)N6C5CCC(C6CCCCC6)CC5)CC(C1)C2C34. The lowest BCUT2D eigenvalue weighted by Crippen LogP contribution is -2.76. The smallest absolute Gasteiger partial charge is 0.156 e. The summed E-state index contributed by atoms with van der Waals surface area (Å²) in [5.74, 6) is 23.4. The highest BCUT2D eigenvalue weighted by Crippen LogP contribution is 2.70. The quantitative estimate of drug-likeness (QED) is 0.191. The summed E-state index contributed by atoms with van der Waals surface area (Å²) >= 11 is 0. The Hall–Kier alpha value is -0.0551. The molecule has 16 aliphatic carbocycles. The number of hydrogen-bond donors (Lipinski definition) is 0. The van der Waals surface area contributed by atoms with E-state index in [1.165, 1.54) is 70.6 Å². The Balaban J connectivity index is 0.742. The van der Waals surface area contributed by atoms with Gasteiger partial charge in [-0.05, 0) is 326 Å². The highest BCUT2D eigenvalue weighted by Gasteiger charge is 2.68. The minimum Gasteiger partial charge on any atom is -0.295 e. The van der Waals surface area contributed by atoms with E-state index in [0.717, 1.165) is 197 Å². The van der Waals surface area contributed by atoms with Crippen LogP contribution >= 0.6 is 0 Å². The topological polar surface area (TPSA) is 9.72 Å². The standard InChI is InChI=1S/C96H162BN3/c1-95(2,3)77-54-74-32-33-75-55-78(96(4,5)6)60-85-84(57-76(56-77)92(74)93(75)85)73-43-53-88-87(58-73)97-86-52-42-72(67-30-20-11-21-31-67)59-89(86)100(82-50-40-71(41-51-82)66-28-18-10-19-29-66)91-62-83(61-90(94(91)97)99(88)81-48-38-70(39-49-81)65-26-16-9-17-27-65)98(79-44-34-68(35-45-79)63-22-12-7-13-23-63)80-46-36-69(37-47-80)64-24-14-8-15-25-64/h63-94H,7-62H2,1-6H3. The summed E-state index contributed by atoms with van der Waals surface area (Å²) < 4.78 is 0. The van der Waals surface area contributed by atoms with Crippen LogP contribution in [0.4, 0.5) is 0 Å². The largest absolute Gasteiger partial charge is 0.295 e. The second-order valence-electron chi connectivity index (χ2n) is 45.3. The van der Waals surface area contributed by atoms with Crippen LogP contribution < -0.4 is 0 Å². The maximum Gasteiger partial charge on any atom is 0.156 e. The average molecular weight is 1370 g/mol. The summed E-state index contributed by atoms with van der Waals surface area (Å²) in [5, 5.41) is 0. The first-order valence-corrected chi connectivity index (χ1v) is 48.1. The van der Waals surface area contributed by atoms with Gasteiger partial charge in [0, 0.05) is 54.4 Å². The van der Waals surface area contributed by atoms with Gasteiger partial charge in [0.25, 0.3) is 0 Å². The van der Waals surface area contributed by atoms with Crippen molar-refractivity contribution in [3.05, 3.63) is 0 Å². The molecule has 18 aliphatic rings. The Morgan fingerprint density at radius 3 is 1.07 bits per heavy atom. The summed E-state index contributed by atoms with van der Waals surface area (Å²) in [5.41, 5.74) is 0.902. The van der Waals surface area contributed by atoms with Gasteiger partial charge in [0.15, 0.2) is 6.71 Å². The first kappa shape index (κ1) is 71.5. The molecule has 2 heterocycles. The molecular formula is C96H162BN3. The minimum atomic E-state index is 0.445. The predicted octanol–water partition coefficient (Wildman–Crippen LogP) is 26.3. The normalized spacial score (nSPS) is 48.1. The van der Waals surface area contributed by atoms with E-state index >= 15 is 0 Å². The van der Waals surface area contributed by atoms with Crippen LogP contribution in [0.1, 0.15) is 401 Å². The molecule has 4 heteroatoms. The minimum absolute atomic E-state index is 0.445. The molecule has 2 aliphatic heterocycles. The Morgan fingerprint density at radius 2 is 0.610 bits per heavy atom. The van der Waals surface area contributed by atoms with Crippen LogP contribution in [0.5, 0.6) is 0 Å². The number of rotatable bonds is 11. The molecule has 19 atom stereocenters. The van der Waals surface area contributed by atoms with E-state index in [0.29, 0.717) is 10.8 Å². The Labute approximate surface area is 619 Å². The molecule has 0 spiro atoms. The van der Waals surface area contributed by atoms with Crippen molar-refractivity contribution in [2.45, 2.75) is 473 Å².